The van der Waals surface area contributed by atoms with E-state index in [4.69, 9.17) is 33.2 Å². The average Bonchev–Trinajstić information content (AvgIpc) is 2.43. The minimum Gasteiger partial charge on any atom is -0.452 e. The van der Waals surface area contributed by atoms with Crippen LogP contribution in [-0.4, -0.2) is 4.98 Å². The van der Waals surface area contributed by atoms with Crippen LogP contribution in [0.5, 0.6) is 11.5 Å². The number of nitriles is 1. The first-order valence-electron chi connectivity index (χ1n) is 5.33. The summed E-state index contributed by atoms with van der Waals surface area (Å²) in [6.07, 6.45) is 0. The molecule has 0 fully saturated rings. The molecular weight excluding hydrogens is 370 g/mol. The Morgan fingerprint density at radius 3 is 2.75 bits per heavy atom. The Bertz CT molecular complexity index is 704. The van der Waals surface area contributed by atoms with E-state index in [-0.39, 0.29) is 27.4 Å². The van der Waals surface area contributed by atoms with Crippen LogP contribution in [-0.2, 0) is 5.33 Å². The number of aromatic nitrogens is 1. The zero-order valence-corrected chi connectivity index (χ0v) is 12.9. The normalized spacial score (nSPS) is 10.2. The minimum absolute atomic E-state index is 0.0701. The Balaban J connectivity index is 2.45. The predicted molar refractivity (Wildman–Crippen MR) is 78.1 cm³/mol. The third-order valence-electron chi connectivity index (χ3n) is 2.38. The van der Waals surface area contributed by atoms with Crippen LogP contribution in [0.3, 0.4) is 0 Å². The number of hydrogen-bond acceptors (Lipinski definition) is 3. The summed E-state index contributed by atoms with van der Waals surface area (Å²) in [6.45, 7) is 0. The van der Waals surface area contributed by atoms with Gasteiger partial charge in [0.15, 0.2) is 11.6 Å². The maximum absolute atomic E-state index is 14.1. The standard InChI is InChI=1S/C13H6BrCl2FN2O/c14-5-7-1-2-10(15)13(12(7)17)20-9-3-8(6-18)19-11(16)4-9/h1-4H,5H2. The van der Waals surface area contributed by atoms with E-state index in [0.717, 1.165) is 0 Å². The Morgan fingerprint density at radius 2 is 2.10 bits per heavy atom. The van der Waals surface area contributed by atoms with E-state index in [0.29, 0.717) is 10.9 Å². The first-order chi connectivity index (χ1) is 9.55. The van der Waals surface area contributed by atoms with Crippen LogP contribution >= 0.6 is 39.1 Å². The lowest BCUT2D eigenvalue weighted by molar-refractivity contribution is 0.439. The fraction of sp³-hybridized carbons (Fsp3) is 0.0769. The van der Waals surface area contributed by atoms with Gasteiger partial charge in [0.1, 0.15) is 22.7 Å². The molecule has 0 N–H and O–H groups in total. The van der Waals surface area contributed by atoms with E-state index in [9.17, 15) is 4.39 Å². The molecule has 0 spiro atoms. The van der Waals surface area contributed by atoms with Crippen LogP contribution in [0.2, 0.25) is 10.2 Å². The first kappa shape index (κ1) is 15.0. The van der Waals surface area contributed by atoms with Gasteiger partial charge in [-0.3, -0.25) is 0 Å². The lowest BCUT2D eigenvalue weighted by atomic mass is 10.2. The maximum atomic E-state index is 14.1. The van der Waals surface area contributed by atoms with Crippen LogP contribution in [0.15, 0.2) is 24.3 Å². The molecule has 0 saturated heterocycles. The van der Waals surface area contributed by atoms with Crippen molar-refractivity contribution in [3.05, 3.63) is 51.5 Å². The van der Waals surface area contributed by atoms with Crippen molar-refractivity contribution in [3.8, 4) is 17.6 Å². The SMILES string of the molecule is N#Cc1cc(Oc2c(Cl)ccc(CBr)c2F)cc(Cl)n1. The van der Waals surface area contributed by atoms with E-state index >= 15 is 0 Å². The van der Waals surface area contributed by atoms with E-state index in [2.05, 4.69) is 20.9 Å². The summed E-state index contributed by atoms with van der Waals surface area (Å²) < 4.78 is 19.6. The monoisotopic (exact) mass is 374 g/mol. The van der Waals surface area contributed by atoms with Gasteiger partial charge in [-0.25, -0.2) is 9.37 Å². The Kier molecular flexibility index (Phi) is 4.81. The predicted octanol–water partition coefficient (Wildman–Crippen LogP) is 5.09. The van der Waals surface area contributed by atoms with Crippen molar-refractivity contribution < 1.29 is 9.13 Å². The van der Waals surface area contributed by atoms with E-state index in [1.54, 1.807) is 6.07 Å². The molecule has 0 saturated carbocycles. The van der Waals surface area contributed by atoms with Gasteiger partial charge in [0.2, 0.25) is 0 Å². The molecule has 0 aliphatic heterocycles. The number of hydrogen-bond donors (Lipinski definition) is 0. The number of rotatable bonds is 3. The molecule has 0 atom stereocenters. The third-order valence-corrected chi connectivity index (χ3v) is 3.47. The van der Waals surface area contributed by atoms with Gasteiger partial charge in [-0.05, 0) is 6.07 Å². The molecule has 0 aliphatic rings. The van der Waals surface area contributed by atoms with Crippen LogP contribution in [0, 0.1) is 17.1 Å². The number of halogens is 4. The number of ether oxygens (including phenoxy) is 1. The van der Waals surface area contributed by atoms with Gasteiger partial charge >= 0.3 is 0 Å². The first-order valence-corrected chi connectivity index (χ1v) is 7.21. The molecule has 0 radical (unpaired) electrons. The van der Waals surface area contributed by atoms with Gasteiger partial charge in [-0.1, -0.05) is 45.2 Å². The highest BCUT2D eigenvalue weighted by atomic mass is 79.9. The highest BCUT2D eigenvalue weighted by Crippen LogP contribution is 2.35. The largest absolute Gasteiger partial charge is 0.452 e. The zero-order chi connectivity index (χ0) is 14.7. The number of pyridine rings is 1. The molecule has 0 bridgehead atoms. The molecule has 102 valence electrons. The Morgan fingerprint density at radius 1 is 1.35 bits per heavy atom. The smallest absolute Gasteiger partial charge is 0.181 e. The van der Waals surface area contributed by atoms with Gasteiger partial charge in [0.25, 0.3) is 0 Å². The molecule has 0 aliphatic carbocycles. The zero-order valence-electron chi connectivity index (χ0n) is 9.83. The van der Waals surface area contributed by atoms with Crippen molar-refractivity contribution in [3.63, 3.8) is 0 Å². The van der Waals surface area contributed by atoms with Gasteiger partial charge < -0.3 is 4.74 Å². The highest BCUT2D eigenvalue weighted by Gasteiger charge is 2.15. The molecule has 3 nitrogen and oxygen atoms in total. The summed E-state index contributed by atoms with van der Waals surface area (Å²) in [6, 6.07) is 7.65. The molecule has 20 heavy (non-hydrogen) atoms. The summed E-state index contributed by atoms with van der Waals surface area (Å²) in [7, 11) is 0. The van der Waals surface area contributed by atoms with Crippen molar-refractivity contribution >= 4 is 39.1 Å². The topological polar surface area (TPSA) is 45.9 Å². The van der Waals surface area contributed by atoms with Crippen LogP contribution in [0.1, 0.15) is 11.3 Å². The second-order valence-corrected chi connectivity index (χ2v) is 5.06. The van der Waals surface area contributed by atoms with Crippen molar-refractivity contribution in [2.24, 2.45) is 0 Å². The summed E-state index contributed by atoms with van der Waals surface area (Å²) >= 11 is 14.9. The Hall–Kier alpha value is -1.35. The van der Waals surface area contributed by atoms with Crippen molar-refractivity contribution in [2.75, 3.05) is 0 Å². The number of alkyl halides is 1. The van der Waals surface area contributed by atoms with Crippen LogP contribution in [0.4, 0.5) is 4.39 Å². The van der Waals surface area contributed by atoms with E-state index < -0.39 is 5.82 Å². The molecule has 7 heteroatoms. The molecule has 1 aromatic carbocycles. The average molecular weight is 376 g/mol. The molecule has 1 aromatic heterocycles. The van der Waals surface area contributed by atoms with Gasteiger partial charge in [-0.2, -0.15) is 5.26 Å². The lowest BCUT2D eigenvalue weighted by Gasteiger charge is -2.11. The van der Waals surface area contributed by atoms with Crippen LogP contribution < -0.4 is 4.74 Å². The minimum atomic E-state index is -0.569. The summed E-state index contributed by atoms with van der Waals surface area (Å²) in [5, 5.41) is 9.34. The molecule has 2 rings (SSSR count). The second kappa shape index (κ2) is 6.40. The highest BCUT2D eigenvalue weighted by molar-refractivity contribution is 9.08. The Labute approximate surface area is 133 Å². The van der Waals surface area contributed by atoms with Gasteiger partial charge in [-0.15, -0.1) is 0 Å². The summed E-state index contributed by atoms with van der Waals surface area (Å²) in [5.74, 6) is -0.496. The summed E-state index contributed by atoms with van der Waals surface area (Å²) in [4.78, 5) is 3.76. The van der Waals surface area contributed by atoms with Gasteiger partial charge in [0.05, 0.1) is 5.02 Å². The second-order valence-electron chi connectivity index (χ2n) is 3.71. The summed E-state index contributed by atoms with van der Waals surface area (Å²) in [5.41, 5.74) is 0.478. The van der Waals surface area contributed by atoms with Crippen molar-refractivity contribution in [2.45, 2.75) is 5.33 Å². The third kappa shape index (κ3) is 3.21. The van der Waals surface area contributed by atoms with Crippen LogP contribution in [0.25, 0.3) is 0 Å². The quantitative estimate of drug-likeness (QED) is 0.554. The van der Waals surface area contributed by atoms with E-state index in [1.807, 2.05) is 6.07 Å². The number of nitrogens with zero attached hydrogens (tertiary/aromatic N) is 2. The molecule has 1 heterocycles. The molecule has 0 amide bonds. The van der Waals surface area contributed by atoms with Gasteiger partial charge in [0, 0.05) is 23.0 Å². The molecule has 0 unspecified atom stereocenters. The fourth-order valence-electron chi connectivity index (χ4n) is 1.48. The van der Waals surface area contributed by atoms with Crippen molar-refractivity contribution in [1.29, 1.82) is 5.26 Å². The molecule has 2 aromatic rings. The maximum Gasteiger partial charge on any atom is 0.181 e. The van der Waals surface area contributed by atoms with E-state index in [1.165, 1.54) is 18.2 Å². The lowest BCUT2D eigenvalue weighted by Crippen LogP contribution is -1.95. The fourth-order valence-corrected chi connectivity index (χ4v) is 2.29. The number of benzene rings is 1. The molecular formula is C13H6BrCl2FN2O. The van der Waals surface area contributed by atoms with Crippen molar-refractivity contribution in [1.82, 2.24) is 4.98 Å².